The highest BCUT2D eigenvalue weighted by Crippen LogP contribution is 2.32. The number of rotatable bonds is 8. The van der Waals surface area contributed by atoms with Crippen molar-refractivity contribution in [3.05, 3.63) is 75.9 Å². The molecule has 2 aliphatic rings. The van der Waals surface area contributed by atoms with Crippen molar-refractivity contribution in [1.29, 1.82) is 0 Å². The second-order valence-electron chi connectivity index (χ2n) is 10.2. The third-order valence-electron chi connectivity index (χ3n) is 7.21. The fourth-order valence-corrected chi connectivity index (χ4v) is 5.33. The summed E-state index contributed by atoms with van der Waals surface area (Å²) < 4.78 is 33.5. The van der Waals surface area contributed by atoms with Gasteiger partial charge in [-0.3, -0.25) is 9.59 Å². The van der Waals surface area contributed by atoms with Gasteiger partial charge in [0.05, 0.1) is 17.5 Å². The number of carbonyl (C=O) groups is 2. The van der Waals surface area contributed by atoms with E-state index in [2.05, 4.69) is 36.6 Å². The number of halogens is 3. The first-order chi connectivity index (χ1) is 18.3. The van der Waals surface area contributed by atoms with Crippen LogP contribution in [0.15, 0.2) is 57.5 Å². The van der Waals surface area contributed by atoms with Crippen LogP contribution in [0, 0.1) is 23.5 Å². The number of hydrogen-bond donors (Lipinski definition) is 2. The normalized spacial score (nSPS) is 20.6. The van der Waals surface area contributed by atoms with E-state index in [0.29, 0.717) is 18.9 Å². The van der Waals surface area contributed by atoms with E-state index in [1.807, 2.05) is 31.2 Å². The van der Waals surface area contributed by atoms with Crippen molar-refractivity contribution in [3.8, 4) is 11.3 Å². The molecule has 2 aromatic carbocycles. The molecule has 2 amide bonds. The van der Waals surface area contributed by atoms with Gasteiger partial charge in [0.15, 0.2) is 11.5 Å². The average molecular weight is 587 g/mol. The molecule has 3 aromatic rings. The van der Waals surface area contributed by atoms with Crippen LogP contribution in [0.4, 0.5) is 8.78 Å². The van der Waals surface area contributed by atoms with Crippen molar-refractivity contribution >= 4 is 27.7 Å². The van der Waals surface area contributed by atoms with Gasteiger partial charge in [-0.05, 0) is 61.9 Å². The molecule has 5 rings (SSSR count). The van der Waals surface area contributed by atoms with Crippen molar-refractivity contribution in [2.75, 3.05) is 19.6 Å². The number of benzene rings is 2. The predicted octanol–water partition coefficient (Wildman–Crippen LogP) is 5.09. The summed E-state index contributed by atoms with van der Waals surface area (Å²) in [6.07, 6.45) is 3.05. The molecule has 1 saturated carbocycles. The molecule has 1 aliphatic heterocycles. The number of nitrogens with zero attached hydrogens (tertiary/aromatic N) is 2. The van der Waals surface area contributed by atoms with Crippen molar-refractivity contribution < 1.29 is 22.9 Å². The van der Waals surface area contributed by atoms with Crippen LogP contribution in [0.2, 0.25) is 0 Å². The molecule has 10 heteroatoms. The molecule has 2 N–H and O–H groups in total. The van der Waals surface area contributed by atoms with Gasteiger partial charge in [0.25, 0.3) is 5.91 Å². The zero-order valence-corrected chi connectivity index (χ0v) is 22.5. The molecule has 3 atom stereocenters. The molecule has 0 spiro atoms. The van der Waals surface area contributed by atoms with E-state index < -0.39 is 29.5 Å². The van der Waals surface area contributed by atoms with Crippen LogP contribution in [-0.4, -0.2) is 47.5 Å². The number of carbonyl (C=O) groups excluding carboxylic acids is 2. The maximum absolute atomic E-state index is 14.2. The van der Waals surface area contributed by atoms with Gasteiger partial charge in [-0.1, -0.05) is 33.2 Å². The van der Waals surface area contributed by atoms with Gasteiger partial charge in [-0.25, -0.2) is 8.78 Å². The molecule has 38 heavy (non-hydrogen) atoms. The van der Waals surface area contributed by atoms with E-state index in [-0.39, 0.29) is 29.0 Å². The van der Waals surface area contributed by atoms with Gasteiger partial charge in [0.2, 0.25) is 5.91 Å². The second kappa shape index (κ2) is 11.3. The van der Waals surface area contributed by atoms with Crippen LogP contribution < -0.4 is 10.6 Å². The van der Waals surface area contributed by atoms with Gasteiger partial charge in [0.1, 0.15) is 11.6 Å². The summed E-state index contributed by atoms with van der Waals surface area (Å²) in [5, 5.41) is 9.86. The van der Waals surface area contributed by atoms with E-state index in [1.165, 1.54) is 25.0 Å². The Kier molecular flexibility index (Phi) is 7.90. The van der Waals surface area contributed by atoms with Crippen LogP contribution >= 0.6 is 15.9 Å². The molecule has 0 radical (unpaired) electrons. The quantitative estimate of drug-likeness (QED) is 0.384. The van der Waals surface area contributed by atoms with Crippen LogP contribution in [0.25, 0.3) is 11.3 Å². The predicted molar refractivity (Wildman–Crippen MR) is 141 cm³/mol. The van der Waals surface area contributed by atoms with Gasteiger partial charge in [-0.2, -0.15) is 0 Å². The number of piperidine rings is 1. The summed E-state index contributed by atoms with van der Waals surface area (Å²) in [6.45, 7) is 4.21. The molecular weight excluding hydrogens is 558 g/mol. The summed E-state index contributed by atoms with van der Waals surface area (Å²) in [6, 6.07) is 11.6. The number of aromatic nitrogens is 1. The lowest BCUT2D eigenvalue weighted by Gasteiger charge is -2.38. The summed E-state index contributed by atoms with van der Waals surface area (Å²) >= 11 is 3.47. The van der Waals surface area contributed by atoms with E-state index in [0.717, 1.165) is 35.3 Å². The number of amides is 2. The Labute approximate surface area is 228 Å². The van der Waals surface area contributed by atoms with Crippen LogP contribution in [0.3, 0.4) is 0 Å². The third-order valence-corrected chi connectivity index (χ3v) is 7.70. The summed E-state index contributed by atoms with van der Waals surface area (Å²) in [7, 11) is 0. The molecule has 0 unspecified atom stereocenters. The fraction of sp³-hybridized carbons (Fsp3) is 0.393. The Morgan fingerprint density at radius 1 is 1.16 bits per heavy atom. The molecule has 1 saturated heterocycles. The summed E-state index contributed by atoms with van der Waals surface area (Å²) in [4.78, 5) is 28.9. The lowest BCUT2D eigenvalue weighted by Crippen LogP contribution is -2.56. The molecular formula is C28H29BrF2N4O3. The lowest BCUT2D eigenvalue weighted by molar-refractivity contribution is -0.128. The largest absolute Gasteiger partial charge is 0.355 e. The summed E-state index contributed by atoms with van der Waals surface area (Å²) in [5.74, 6) is -1.92. The van der Waals surface area contributed by atoms with E-state index >= 15 is 0 Å². The highest BCUT2D eigenvalue weighted by atomic mass is 79.9. The third kappa shape index (κ3) is 6.30. The average Bonchev–Trinajstić information content (AvgIpc) is 3.56. The number of likely N-dealkylation sites (tertiary alicyclic amines) is 1. The maximum atomic E-state index is 14.2. The first-order valence-electron chi connectivity index (χ1n) is 12.8. The Morgan fingerprint density at radius 2 is 1.97 bits per heavy atom. The zero-order chi connectivity index (χ0) is 26.8. The van der Waals surface area contributed by atoms with E-state index in [9.17, 15) is 18.4 Å². The van der Waals surface area contributed by atoms with E-state index in [4.69, 9.17) is 4.52 Å². The molecule has 7 nitrogen and oxygen atoms in total. The van der Waals surface area contributed by atoms with Crippen molar-refractivity contribution in [2.45, 2.75) is 38.3 Å². The molecule has 2 heterocycles. The SMILES string of the molecule is C[C@@H](NC(=O)[C@H]1CN(CC2CC2)CC[C@@H]1NC(=O)c1cc(-c2ccc(F)cc2F)on1)c1cccc(Br)c1. The molecule has 2 fully saturated rings. The van der Waals surface area contributed by atoms with Crippen LogP contribution in [-0.2, 0) is 4.79 Å². The second-order valence-corrected chi connectivity index (χ2v) is 11.1. The van der Waals surface area contributed by atoms with E-state index in [1.54, 1.807) is 0 Å². The van der Waals surface area contributed by atoms with Gasteiger partial charge in [0, 0.05) is 42.3 Å². The van der Waals surface area contributed by atoms with Crippen LogP contribution in [0.1, 0.15) is 48.3 Å². The lowest BCUT2D eigenvalue weighted by atomic mass is 9.90. The van der Waals surface area contributed by atoms with Gasteiger partial charge in [-0.15, -0.1) is 0 Å². The first-order valence-corrected chi connectivity index (χ1v) is 13.6. The van der Waals surface area contributed by atoms with Crippen molar-refractivity contribution in [1.82, 2.24) is 20.7 Å². The highest BCUT2D eigenvalue weighted by Gasteiger charge is 2.38. The number of nitrogens with one attached hydrogen (secondary N) is 2. The smallest absolute Gasteiger partial charge is 0.273 e. The van der Waals surface area contributed by atoms with Crippen molar-refractivity contribution in [3.63, 3.8) is 0 Å². The van der Waals surface area contributed by atoms with Gasteiger partial charge >= 0.3 is 0 Å². The molecule has 1 aromatic heterocycles. The number of hydrogen-bond acceptors (Lipinski definition) is 5. The molecule has 1 aliphatic carbocycles. The standard InChI is InChI=1S/C28H29BrF2N4O3/c1-16(18-3-2-4-19(29)11-18)32-27(36)22-15-35(14-17-5-6-17)10-9-24(22)33-28(37)25-13-26(38-34-25)21-8-7-20(30)12-23(21)31/h2-4,7-8,11-13,16-17,22,24H,5-6,9-10,14-15H2,1H3,(H,32,36)(H,33,37)/t16-,22+,24+/m1/s1. The summed E-state index contributed by atoms with van der Waals surface area (Å²) in [5.41, 5.74) is 0.943. The fourth-order valence-electron chi connectivity index (χ4n) is 4.91. The van der Waals surface area contributed by atoms with Crippen LogP contribution in [0.5, 0.6) is 0 Å². The Bertz CT molecular complexity index is 1330. The van der Waals surface area contributed by atoms with Gasteiger partial charge < -0.3 is 20.1 Å². The minimum atomic E-state index is -0.813. The topological polar surface area (TPSA) is 87.5 Å². The monoisotopic (exact) mass is 586 g/mol. The Morgan fingerprint density at radius 3 is 2.71 bits per heavy atom. The Balaban J connectivity index is 1.29. The maximum Gasteiger partial charge on any atom is 0.273 e. The first kappa shape index (κ1) is 26.5. The Hall–Kier alpha value is -3.11. The minimum absolute atomic E-state index is 0.00475. The minimum Gasteiger partial charge on any atom is -0.355 e. The molecule has 0 bridgehead atoms. The van der Waals surface area contributed by atoms with Crippen molar-refractivity contribution in [2.24, 2.45) is 11.8 Å². The highest BCUT2D eigenvalue weighted by molar-refractivity contribution is 9.10. The zero-order valence-electron chi connectivity index (χ0n) is 20.9. The molecule has 200 valence electrons.